The molecule has 3 saturated heterocycles. The van der Waals surface area contributed by atoms with Crippen LogP contribution in [0.2, 0.25) is 5.02 Å². The SMILES string of the molecule is CCC(=O)N1CC(OC(=O)N(CCCN2CC3CN(C(=O)c4c(C)ncnc4C)CC3C2)c2ccc(C)c(Cl)c2)C1. The van der Waals surface area contributed by atoms with E-state index in [4.69, 9.17) is 16.3 Å². The summed E-state index contributed by atoms with van der Waals surface area (Å²) in [6.45, 7) is 13.0. The molecule has 0 spiro atoms. The number of likely N-dealkylation sites (tertiary alicyclic amines) is 3. The van der Waals surface area contributed by atoms with Crippen LogP contribution in [0, 0.1) is 32.6 Å². The molecule has 2 unspecified atom stereocenters. The maximum Gasteiger partial charge on any atom is 0.414 e. The maximum atomic E-state index is 13.2. The number of carbonyl (C=O) groups excluding carboxylic acids is 3. The Balaban J connectivity index is 1.14. The molecule has 1 aromatic heterocycles. The molecule has 11 heteroatoms. The van der Waals surface area contributed by atoms with Crippen LogP contribution in [-0.4, -0.2) is 101 Å². The van der Waals surface area contributed by atoms with Crippen LogP contribution in [0.15, 0.2) is 24.5 Å². The fourth-order valence-corrected chi connectivity index (χ4v) is 6.35. The van der Waals surface area contributed by atoms with E-state index in [1.165, 1.54) is 6.33 Å². The summed E-state index contributed by atoms with van der Waals surface area (Å²) in [5, 5.41) is 0.600. The van der Waals surface area contributed by atoms with Gasteiger partial charge in [0.25, 0.3) is 5.91 Å². The Morgan fingerprint density at radius 1 is 0.976 bits per heavy atom. The smallest absolute Gasteiger partial charge is 0.414 e. The lowest BCUT2D eigenvalue weighted by molar-refractivity contribution is -0.140. The van der Waals surface area contributed by atoms with Crippen LogP contribution in [0.4, 0.5) is 10.5 Å². The summed E-state index contributed by atoms with van der Waals surface area (Å²) >= 11 is 6.39. The number of carbonyl (C=O) groups is 3. The van der Waals surface area contributed by atoms with Gasteiger partial charge in [0, 0.05) is 49.9 Å². The van der Waals surface area contributed by atoms with Crippen LogP contribution in [0.25, 0.3) is 0 Å². The minimum absolute atomic E-state index is 0.0288. The Morgan fingerprint density at radius 3 is 2.24 bits per heavy atom. The molecule has 220 valence electrons. The molecule has 0 saturated carbocycles. The van der Waals surface area contributed by atoms with Gasteiger partial charge in [-0.1, -0.05) is 24.6 Å². The van der Waals surface area contributed by atoms with E-state index in [-0.39, 0.29) is 17.9 Å². The number of amides is 3. The average Bonchev–Trinajstić information content (AvgIpc) is 3.48. The van der Waals surface area contributed by atoms with Crippen molar-refractivity contribution in [3.63, 3.8) is 0 Å². The molecule has 0 radical (unpaired) electrons. The molecule has 3 fully saturated rings. The summed E-state index contributed by atoms with van der Waals surface area (Å²) < 4.78 is 5.76. The zero-order valence-corrected chi connectivity index (χ0v) is 25.1. The van der Waals surface area contributed by atoms with E-state index in [1.807, 2.05) is 44.7 Å². The first-order valence-corrected chi connectivity index (χ1v) is 14.8. The normalized spacial score (nSPS) is 20.6. The predicted molar refractivity (Wildman–Crippen MR) is 156 cm³/mol. The van der Waals surface area contributed by atoms with Crippen molar-refractivity contribution in [2.24, 2.45) is 11.8 Å². The second kappa shape index (κ2) is 12.3. The second-order valence-electron chi connectivity index (χ2n) is 11.5. The first-order chi connectivity index (χ1) is 19.6. The second-order valence-corrected chi connectivity index (χ2v) is 11.9. The molecular formula is C30H39ClN6O4. The lowest BCUT2D eigenvalue weighted by atomic mass is 10.0. The van der Waals surface area contributed by atoms with Gasteiger partial charge in [0.1, 0.15) is 12.4 Å². The highest BCUT2D eigenvalue weighted by atomic mass is 35.5. The molecule has 0 N–H and O–H groups in total. The van der Waals surface area contributed by atoms with Crippen molar-refractivity contribution in [1.82, 2.24) is 24.7 Å². The van der Waals surface area contributed by atoms with Crippen molar-refractivity contribution in [3.05, 3.63) is 52.1 Å². The van der Waals surface area contributed by atoms with Crippen molar-refractivity contribution in [2.75, 3.05) is 57.3 Å². The van der Waals surface area contributed by atoms with E-state index in [1.54, 1.807) is 15.9 Å². The summed E-state index contributed by atoms with van der Waals surface area (Å²) in [6, 6.07) is 5.60. The molecule has 41 heavy (non-hydrogen) atoms. The van der Waals surface area contributed by atoms with E-state index < -0.39 is 6.09 Å². The number of aromatic nitrogens is 2. The van der Waals surface area contributed by atoms with Gasteiger partial charge < -0.3 is 19.4 Å². The number of benzene rings is 1. The first kappa shape index (κ1) is 29.3. The standard InChI is InChI=1S/C30H39ClN6O4/c1-5-27(38)35-16-25(17-35)41-30(40)37(24-8-7-19(2)26(31)11-24)10-6-9-34-12-22-14-36(15-23(22)13-34)29(39)28-20(3)32-18-33-21(28)4/h7-8,11,18,22-23,25H,5-6,9-10,12-17H2,1-4H3. The number of anilines is 1. The molecule has 3 amide bonds. The van der Waals surface area contributed by atoms with Gasteiger partial charge >= 0.3 is 6.09 Å². The zero-order valence-electron chi connectivity index (χ0n) is 24.3. The number of nitrogens with zero attached hydrogens (tertiary/aromatic N) is 6. The summed E-state index contributed by atoms with van der Waals surface area (Å²) in [4.78, 5) is 54.5. The molecule has 5 rings (SSSR count). The van der Waals surface area contributed by atoms with Gasteiger partial charge in [-0.15, -0.1) is 0 Å². The minimum atomic E-state index is -0.415. The fraction of sp³-hybridized carbons (Fsp3) is 0.567. The molecule has 0 bridgehead atoms. The van der Waals surface area contributed by atoms with Crippen molar-refractivity contribution in [3.8, 4) is 0 Å². The highest BCUT2D eigenvalue weighted by Gasteiger charge is 2.42. The maximum absolute atomic E-state index is 13.2. The van der Waals surface area contributed by atoms with Crippen LogP contribution in [0.1, 0.15) is 47.1 Å². The highest BCUT2D eigenvalue weighted by Crippen LogP contribution is 2.33. The molecule has 2 aromatic rings. The lowest BCUT2D eigenvalue weighted by Crippen LogP contribution is -2.56. The third kappa shape index (κ3) is 6.33. The zero-order chi connectivity index (χ0) is 29.3. The third-order valence-electron chi connectivity index (χ3n) is 8.60. The average molecular weight is 583 g/mol. The highest BCUT2D eigenvalue weighted by molar-refractivity contribution is 6.31. The summed E-state index contributed by atoms with van der Waals surface area (Å²) in [5.74, 6) is 0.977. The lowest BCUT2D eigenvalue weighted by Gasteiger charge is -2.39. The van der Waals surface area contributed by atoms with Gasteiger partial charge in [-0.2, -0.15) is 0 Å². The Kier molecular flexibility index (Phi) is 8.79. The number of rotatable bonds is 8. The Labute approximate surface area is 246 Å². The van der Waals surface area contributed by atoms with Gasteiger partial charge in [-0.05, 0) is 63.3 Å². The van der Waals surface area contributed by atoms with Crippen LogP contribution in [0.3, 0.4) is 0 Å². The van der Waals surface area contributed by atoms with Gasteiger partial charge in [0.2, 0.25) is 5.91 Å². The van der Waals surface area contributed by atoms with Crippen molar-refractivity contribution < 1.29 is 19.1 Å². The number of hydrogen-bond acceptors (Lipinski definition) is 7. The van der Waals surface area contributed by atoms with E-state index >= 15 is 0 Å². The fourth-order valence-electron chi connectivity index (χ4n) is 6.17. The monoisotopic (exact) mass is 582 g/mol. The van der Waals surface area contributed by atoms with E-state index in [9.17, 15) is 14.4 Å². The van der Waals surface area contributed by atoms with Crippen LogP contribution < -0.4 is 4.90 Å². The van der Waals surface area contributed by atoms with Gasteiger partial charge in [-0.3, -0.25) is 14.5 Å². The van der Waals surface area contributed by atoms with E-state index in [0.29, 0.717) is 54.2 Å². The topological polar surface area (TPSA) is 99.2 Å². The predicted octanol–water partition coefficient (Wildman–Crippen LogP) is 3.71. The van der Waals surface area contributed by atoms with Crippen LogP contribution in [-0.2, 0) is 9.53 Å². The number of halogens is 1. The molecule has 3 aliphatic heterocycles. The number of fused-ring (bicyclic) bond motifs is 1. The molecule has 4 heterocycles. The summed E-state index contributed by atoms with van der Waals surface area (Å²) in [7, 11) is 0. The molecule has 2 atom stereocenters. The number of aryl methyl sites for hydroxylation is 3. The molecule has 3 aliphatic rings. The Bertz CT molecular complexity index is 1280. The molecular weight excluding hydrogens is 544 g/mol. The summed E-state index contributed by atoms with van der Waals surface area (Å²) in [6.07, 6.45) is 2.01. The molecule has 0 aliphatic carbocycles. The Hall–Kier alpha value is -3.24. The van der Waals surface area contributed by atoms with Gasteiger partial charge in [0.15, 0.2) is 0 Å². The van der Waals surface area contributed by atoms with Crippen molar-refractivity contribution >= 4 is 35.2 Å². The van der Waals surface area contributed by atoms with Crippen molar-refractivity contribution in [1.29, 1.82) is 0 Å². The summed E-state index contributed by atoms with van der Waals surface area (Å²) in [5.41, 5.74) is 3.72. The van der Waals surface area contributed by atoms with Crippen LogP contribution in [0.5, 0.6) is 0 Å². The van der Waals surface area contributed by atoms with Crippen LogP contribution >= 0.6 is 11.6 Å². The number of ether oxygens (including phenoxy) is 1. The first-order valence-electron chi connectivity index (χ1n) is 14.5. The Morgan fingerprint density at radius 2 is 1.63 bits per heavy atom. The molecule has 1 aromatic carbocycles. The van der Waals surface area contributed by atoms with E-state index in [0.717, 1.165) is 56.1 Å². The minimum Gasteiger partial charge on any atom is -0.442 e. The van der Waals surface area contributed by atoms with Gasteiger partial charge in [0.05, 0.1) is 30.0 Å². The largest absolute Gasteiger partial charge is 0.442 e. The molecule has 10 nitrogen and oxygen atoms in total. The van der Waals surface area contributed by atoms with Gasteiger partial charge in [-0.25, -0.2) is 14.8 Å². The third-order valence-corrected chi connectivity index (χ3v) is 9.01. The quantitative estimate of drug-likeness (QED) is 0.468. The number of hydrogen-bond donors (Lipinski definition) is 0. The van der Waals surface area contributed by atoms with E-state index in [2.05, 4.69) is 14.9 Å². The van der Waals surface area contributed by atoms with Crippen molar-refractivity contribution in [2.45, 2.75) is 46.6 Å².